The zero-order valence-electron chi connectivity index (χ0n) is 15.7. The van der Waals surface area contributed by atoms with Crippen LogP contribution < -0.4 is 14.8 Å². The molecule has 0 aliphatic carbocycles. The van der Waals surface area contributed by atoms with Crippen molar-refractivity contribution in [3.05, 3.63) is 74.4 Å². The molecular weight excluding hydrogens is 476 g/mol. The summed E-state index contributed by atoms with van der Waals surface area (Å²) in [5.74, 6) is 0.300. The second kappa shape index (κ2) is 8.98. The van der Waals surface area contributed by atoms with Crippen molar-refractivity contribution in [1.29, 1.82) is 0 Å². The van der Waals surface area contributed by atoms with Crippen LogP contribution in [0, 0.1) is 6.92 Å². The van der Waals surface area contributed by atoms with Gasteiger partial charge in [0.1, 0.15) is 5.75 Å². The van der Waals surface area contributed by atoms with Gasteiger partial charge in [0, 0.05) is 26.0 Å². The lowest BCUT2D eigenvalue weighted by molar-refractivity contribution is 0.0950. The molecular formula is C20H19BrN2O4S2. The van der Waals surface area contributed by atoms with Gasteiger partial charge in [0.2, 0.25) is 0 Å². The SMILES string of the molecule is COc1ccc(NS(=O)(=O)c2ccc(C)c(C(=O)NCc3cc(Br)cs3)c2)cc1. The summed E-state index contributed by atoms with van der Waals surface area (Å²) in [6, 6.07) is 13.0. The summed E-state index contributed by atoms with van der Waals surface area (Å²) in [7, 11) is -2.31. The largest absolute Gasteiger partial charge is 0.497 e. The molecule has 2 N–H and O–H groups in total. The minimum atomic E-state index is -3.84. The number of ether oxygens (including phenoxy) is 1. The summed E-state index contributed by atoms with van der Waals surface area (Å²) in [6.07, 6.45) is 0. The maximum Gasteiger partial charge on any atom is 0.261 e. The number of benzene rings is 2. The second-order valence-corrected chi connectivity index (χ2v) is 9.82. The molecule has 0 aliphatic heterocycles. The van der Waals surface area contributed by atoms with Gasteiger partial charge in [-0.05, 0) is 70.9 Å². The Labute approximate surface area is 182 Å². The van der Waals surface area contributed by atoms with Crippen LogP contribution in [0.4, 0.5) is 5.69 Å². The third-order valence-electron chi connectivity index (χ3n) is 4.15. The molecule has 0 spiro atoms. The molecule has 0 aliphatic rings. The highest BCUT2D eigenvalue weighted by Gasteiger charge is 2.18. The van der Waals surface area contributed by atoms with Crippen molar-refractivity contribution >= 4 is 48.9 Å². The van der Waals surface area contributed by atoms with Crippen LogP contribution in [0.2, 0.25) is 0 Å². The quantitative estimate of drug-likeness (QED) is 0.504. The van der Waals surface area contributed by atoms with Crippen LogP contribution in [-0.4, -0.2) is 21.4 Å². The van der Waals surface area contributed by atoms with Crippen LogP contribution in [0.3, 0.4) is 0 Å². The average molecular weight is 495 g/mol. The number of rotatable bonds is 7. The number of hydrogen-bond donors (Lipinski definition) is 2. The van der Waals surface area contributed by atoms with Gasteiger partial charge in [0.25, 0.3) is 15.9 Å². The van der Waals surface area contributed by atoms with E-state index in [4.69, 9.17) is 4.74 Å². The van der Waals surface area contributed by atoms with E-state index in [0.717, 1.165) is 9.35 Å². The number of thiophene rings is 1. The number of sulfonamides is 1. The van der Waals surface area contributed by atoms with E-state index in [9.17, 15) is 13.2 Å². The number of methoxy groups -OCH3 is 1. The first-order valence-electron chi connectivity index (χ1n) is 8.57. The molecule has 9 heteroatoms. The van der Waals surface area contributed by atoms with Crippen molar-refractivity contribution in [2.75, 3.05) is 11.8 Å². The van der Waals surface area contributed by atoms with Gasteiger partial charge in [0.05, 0.1) is 18.6 Å². The molecule has 0 atom stereocenters. The first-order valence-corrected chi connectivity index (χ1v) is 11.7. The first kappa shape index (κ1) is 21.4. The lowest BCUT2D eigenvalue weighted by Crippen LogP contribution is -2.24. The number of aryl methyl sites for hydroxylation is 1. The zero-order valence-corrected chi connectivity index (χ0v) is 18.9. The van der Waals surface area contributed by atoms with Crippen LogP contribution in [-0.2, 0) is 16.6 Å². The molecule has 0 saturated heterocycles. The van der Waals surface area contributed by atoms with Crippen LogP contribution in [0.25, 0.3) is 0 Å². The minimum Gasteiger partial charge on any atom is -0.497 e. The Bertz CT molecular complexity index is 1130. The van der Waals surface area contributed by atoms with Gasteiger partial charge in [-0.25, -0.2) is 8.42 Å². The highest BCUT2D eigenvalue weighted by atomic mass is 79.9. The standard InChI is InChI=1S/C20H19BrN2O4S2/c1-13-3-8-18(29(25,26)23-15-4-6-16(27-2)7-5-15)10-19(13)20(24)22-11-17-9-14(21)12-28-17/h3-10,12,23H,11H2,1-2H3,(H,22,24). The Balaban J connectivity index is 1.78. The summed E-state index contributed by atoms with van der Waals surface area (Å²) in [4.78, 5) is 13.6. The van der Waals surface area contributed by atoms with Gasteiger partial charge in [-0.1, -0.05) is 6.07 Å². The maximum atomic E-state index is 12.7. The van der Waals surface area contributed by atoms with Crippen molar-refractivity contribution in [3.63, 3.8) is 0 Å². The van der Waals surface area contributed by atoms with Crippen molar-refractivity contribution in [3.8, 4) is 5.75 Å². The van der Waals surface area contributed by atoms with E-state index in [-0.39, 0.29) is 10.8 Å². The summed E-state index contributed by atoms with van der Waals surface area (Å²) >= 11 is 4.91. The topological polar surface area (TPSA) is 84.5 Å². The Hall–Kier alpha value is -2.36. The predicted octanol–water partition coefficient (Wildman–Crippen LogP) is 4.56. The number of nitrogens with one attached hydrogen (secondary N) is 2. The Morgan fingerprint density at radius 3 is 2.48 bits per heavy atom. The highest BCUT2D eigenvalue weighted by Crippen LogP contribution is 2.22. The lowest BCUT2D eigenvalue weighted by atomic mass is 10.1. The van der Waals surface area contributed by atoms with Crippen LogP contribution in [0.5, 0.6) is 5.75 Å². The molecule has 0 radical (unpaired) electrons. The molecule has 6 nitrogen and oxygen atoms in total. The highest BCUT2D eigenvalue weighted by molar-refractivity contribution is 9.10. The van der Waals surface area contributed by atoms with E-state index in [2.05, 4.69) is 26.0 Å². The Kier molecular flexibility index (Phi) is 6.61. The predicted molar refractivity (Wildman–Crippen MR) is 118 cm³/mol. The van der Waals surface area contributed by atoms with Gasteiger partial charge >= 0.3 is 0 Å². The third kappa shape index (κ3) is 5.37. The smallest absolute Gasteiger partial charge is 0.261 e. The number of halogens is 1. The van der Waals surface area contributed by atoms with Crippen LogP contribution >= 0.6 is 27.3 Å². The average Bonchev–Trinajstić information content (AvgIpc) is 3.12. The Morgan fingerprint density at radius 1 is 1.14 bits per heavy atom. The van der Waals surface area contributed by atoms with Crippen molar-refractivity contribution in [2.45, 2.75) is 18.4 Å². The number of carbonyl (C=O) groups excluding carboxylic acids is 1. The fourth-order valence-corrected chi connectivity index (χ4v) is 5.07. The molecule has 2 aromatic carbocycles. The summed E-state index contributed by atoms with van der Waals surface area (Å²) in [5.41, 5.74) is 1.41. The zero-order chi connectivity index (χ0) is 21.0. The molecule has 1 amide bonds. The summed E-state index contributed by atoms with van der Waals surface area (Å²) in [5, 5.41) is 4.77. The lowest BCUT2D eigenvalue weighted by Gasteiger charge is -2.12. The normalized spacial score (nSPS) is 11.1. The number of anilines is 1. The van der Waals surface area contributed by atoms with Gasteiger partial charge in [-0.3, -0.25) is 9.52 Å². The van der Waals surface area contributed by atoms with Crippen molar-refractivity contribution in [1.82, 2.24) is 5.32 Å². The van der Waals surface area contributed by atoms with Crippen LogP contribution in [0.15, 0.2) is 63.3 Å². The van der Waals surface area contributed by atoms with E-state index < -0.39 is 10.0 Å². The molecule has 0 unspecified atom stereocenters. The van der Waals surface area contributed by atoms with E-state index in [1.807, 2.05) is 11.4 Å². The van der Waals surface area contributed by atoms with E-state index >= 15 is 0 Å². The molecule has 1 heterocycles. The molecule has 152 valence electrons. The fourth-order valence-electron chi connectivity index (χ4n) is 2.60. The molecule has 1 aromatic heterocycles. The number of amides is 1. The van der Waals surface area contributed by atoms with Gasteiger partial charge in [-0.2, -0.15) is 0 Å². The molecule has 0 saturated carbocycles. The molecule has 0 bridgehead atoms. The van der Waals surface area contributed by atoms with E-state index in [1.54, 1.807) is 37.3 Å². The van der Waals surface area contributed by atoms with E-state index in [1.165, 1.54) is 30.6 Å². The van der Waals surface area contributed by atoms with E-state index in [0.29, 0.717) is 29.1 Å². The Morgan fingerprint density at radius 2 is 1.86 bits per heavy atom. The summed E-state index contributed by atoms with van der Waals surface area (Å²) < 4.78 is 34.0. The maximum absolute atomic E-state index is 12.7. The van der Waals surface area contributed by atoms with Crippen molar-refractivity contribution in [2.24, 2.45) is 0 Å². The monoisotopic (exact) mass is 494 g/mol. The second-order valence-electron chi connectivity index (χ2n) is 6.22. The van der Waals surface area contributed by atoms with Crippen LogP contribution in [0.1, 0.15) is 20.8 Å². The van der Waals surface area contributed by atoms with Gasteiger partial charge < -0.3 is 10.1 Å². The first-order chi connectivity index (χ1) is 13.8. The van der Waals surface area contributed by atoms with Gasteiger partial charge in [-0.15, -0.1) is 11.3 Å². The molecule has 3 rings (SSSR count). The molecule has 29 heavy (non-hydrogen) atoms. The van der Waals surface area contributed by atoms with Crippen molar-refractivity contribution < 1.29 is 17.9 Å². The summed E-state index contributed by atoms with van der Waals surface area (Å²) in [6.45, 7) is 2.14. The minimum absolute atomic E-state index is 0.0166. The number of hydrogen-bond acceptors (Lipinski definition) is 5. The number of carbonyl (C=O) groups is 1. The third-order valence-corrected chi connectivity index (χ3v) is 7.23. The fraction of sp³-hybridized carbons (Fsp3) is 0.150. The molecule has 0 fully saturated rings. The van der Waals surface area contributed by atoms with Gasteiger partial charge in [0.15, 0.2) is 0 Å². The molecule has 3 aromatic rings.